The van der Waals surface area contributed by atoms with Crippen LogP contribution in [0.15, 0.2) is 54.6 Å². The molecule has 5 heteroatoms. The van der Waals surface area contributed by atoms with Crippen molar-refractivity contribution in [3.8, 4) is 0 Å². The van der Waals surface area contributed by atoms with Gasteiger partial charge in [0.2, 0.25) is 0 Å². The molecule has 1 fully saturated rings. The van der Waals surface area contributed by atoms with Gasteiger partial charge < -0.3 is 15.5 Å². The van der Waals surface area contributed by atoms with Crippen LogP contribution in [-0.4, -0.2) is 37.4 Å². The number of anilines is 1. The second kappa shape index (κ2) is 9.44. The zero-order chi connectivity index (χ0) is 19.1. The van der Waals surface area contributed by atoms with E-state index in [9.17, 15) is 9.59 Å². The first-order chi connectivity index (χ1) is 13.1. The van der Waals surface area contributed by atoms with Gasteiger partial charge in [-0.2, -0.15) is 0 Å². The molecule has 2 aromatic rings. The Morgan fingerprint density at radius 1 is 1.04 bits per heavy atom. The van der Waals surface area contributed by atoms with Crippen molar-refractivity contribution in [2.45, 2.75) is 32.4 Å². The van der Waals surface area contributed by atoms with Crippen LogP contribution in [0.5, 0.6) is 0 Å². The van der Waals surface area contributed by atoms with E-state index in [4.69, 9.17) is 0 Å². The molecule has 5 nitrogen and oxygen atoms in total. The predicted molar refractivity (Wildman–Crippen MR) is 106 cm³/mol. The molecule has 4 N–H and O–H groups in total. The number of likely N-dealkylation sites (tertiary alicyclic amines) is 1. The number of ketones is 1. The van der Waals surface area contributed by atoms with Gasteiger partial charge in [-0.15, -0.1) is 0 Å². The smallest absolute Gasteiger partial charge is 0.279 e. The van der Waals surface area contributed by atoms with Gasteiger partial charge in [-0.1, -0.05) is 30.3 Å². The molecule has 0 unspecified atom stereocenters. The molecule has 0 aliphatic carbocycles. The van der Waals surface area contributed by atoms with Crippen molar-refractivity contribution in [2.24, 2.45) is 0 Å². The van der Waals surface area contributed by atoms with Crippen LogP contribution in [0.2, 0.25) is 0 Å². The molecule has 1 aliphatic rings. The summed E-state index contributed by atoms with van der Waals surface area (Å²) < 4.78 is 0. The Morgan fingerprint density at radius 2 is 1.70 bits per heavy atom. The van der Waals surface area contributed by atoms with Crippen molar-refractivity contribution in [3.05, 3.63) is 65.7 Å². The van der Waals surface area contributed by atoms with Gasteiger partial charge in [0.15, 0.2) is 12.3 Å². The monoisotopic (exact) mass is 367 g/mol. The summed E-state index contributed by atoms with van der Waals surface area (Å²) in [6.45, 7) is 5.38. The highest BCUT2D eigenvalue weighted by molar-refractivity contribution is 5.95. The fourth-order valence-electron chi connectivity index (χ4n) is 3.62. The van der Waals surface area contributed by atoms with E-state index in [1.165, 1.54) is 12.5 Å². The number of nitrogens with one attached hydrogen (secondary N) is 2. The molecule has 3 rings (SSSR count). The maximum absolute atomic E-state index is 12.2. The van der Waals surface area contributed by atoms with Gasteiger partial charge in [-0.25, -0.2) is 0 Å². The molecule has 0 saturated carbocycles. The molecule has 0 spiro atoms. The summed E-state index contributed by atoms with van der Waals surface area (Å²) in [5.41, 5.74) is 2.79. The van der Waals surface area contributed by atoms with E-state index in [1.807, 2.05) is 0 Å². The number of carbonyl (C=O) groups excluding carboxylic acids is 2. The molecule has 0 atom stereocenters. The number of nitrogens with two attached hydrogens (primary N) is 1. The highest BCUT2D eigenvalue weighted by atomic mass is 16.2. The van der Waals surface area contributed by atoms with Crippen LogP contribution in [0, 0.1) is 0 Å². The number of hydrogen-bond acceptors (Lipinski definition) is 2. The lowest BCUT2D eigenvalue weighted by atomic mass is 10.0. The van der Waals surface area contributed by atoms with Gasteiger partial charge in [0.25, 0.3) is 5.91 Å². The van der Waals surface area contributed by atoms with E-state index in [0.717, 1.165) is 38.2 Å². The Balaban J connectivity index is 1.37. The lowest BCUT2D eigenvalue weighted by Gasteiger charge is -2.28. The van der Waals surface area contributed by atoms with Crippen molar-refractivity contribution >= 4 is 17.4 Å². The van der Waals surface area contributed by atoms with Crippen LogP contribution >= 0.6 is 0 Å². The molecule has 1 aliphatic heterocycles. The second-order valence-electron chi connectivity index (χ2n) is 7.37. The molecule has 1 heterocycles. The van der Waals surface area contributed by atoms with E-state index < -0.39 is 0 Å². The van der Waals surface area contributed by atoms with Crippen LogP contribution in [0.4, 0.5) is 5.69 Å². The molecular formula is C22H29N3O2+2. The van der Waals surface area contributed by atoms with Crippen LogP contribution < -0.4 is 15.5 Å². The third-order valence-corrected chi connectivity index (χ3v) is 5.25. The number of Topliss-reactive ketones (excluding diaryl/α,β-unsaturated/α-hetero) is 1. The molecule has 142 valence electrons. The Labute approximate surface area is 160 Å². The molecular weight excluding hydrogens is 338 g/mol. The first-order valence-corrected chi connectivity index (χ1v) is 9.72. The average Bonchev–Trinajstić information content (AvgIpc) is 2.69. The maximum Gasteiger partial charge on any atom is 0.279 e. The second-order valence-corrected chi connectivity index (χ2v) is 7.37. The first kappa shape index (κ1) is 19.3. The molecule has 0 bridgehead atoms. The lowest BCUT2D eigenvalue weighted by molar-refractivity contribution is -0.925. The summed E-state index contributed by atoms with van der Waals surface area (Å²) in [6, 6.07) is 18.2. The molecule has 1 amide bonds. The summed E-state index contributed by atoms with van der Waals surface area (Å²) in [7, 11) is 0. The van der Waals surface area contributed by atoms with Gasteiger partial charge >= 0.3 is 0 Å². The Kier molecular flexibility index (Phi) is 6.74. The highest BCUT2D eigenvalue weighted by Crippen LogP contribution is 2.09. The normalized spacial score (nSPS) is 19.4. The summed E-state index contributed by atoms with van der Waals surface area (Å²) in [6.07, 6.45) is 2.28. The minimum Gasteiger partial charge on any atom is -0.336 e. The number of rotatable bonds is 7. The molecule has 2 aromatic carbocycles. The minimum absolute atomic E-state index is 0.00429. The fraction of sp³-hybridized carbons (Fsp3) is 0.364. The number of amides is 1. The topological polar surface area (TPSA) is 67.2 Å². The summed E-state index contributed by atoms with van der Waals surface area (Å²) in [5.74, 6) is 0.0339. The SMILES string of the molecule is CC(=O)c1ccc(NC(=O)C[NH2+]C2CC[NH+](Cc3ccccc3)CC2)cc1. The summed E-state index contributed by atoms with van der Waals surface area (Å²) in [5, 5.41) is 5.07. The fourth-order valence-corrected chi connectivity index (χ4v) is 3.62. The minimum atomic E-state index is 0.00429. The Bertz CT molecular complexity index is 751. The first-order valence-electron chi connectivity index (χ1n) is 9.72. The zero-order valence-electron chi connectivity index (χ0n) is 15.9. The largest absolute Gasteiger partial charge is 0.336 e. The van der Waals surface area contributed by atoms with E-state index in [2.05, 4.69) is 41.0 Å². The Morgan fingerprint density at radius 3 is 2.33 bits per heavy atom. The third kappa shape index (κ3) is 6.01. The molecule has 0 radical (unpaired) electrons. The van der Waals surface area contributed by atoms with Crippen LogP contribution in [0.1, 0.15) is 35.7 Å². The van der Waals surface area contributed by atoms with Gasteiger partial charge in [-0.3, -0.25) is 9.59 Å². The number of piperidine rings is 1. The predicted octanol–water partition coefficient (Wildman–Crippen LogP) is 0.639. The van der Waals surface area contributed by atoms with E-state index >= 15 is 0 Å². The highest BCUT2D eigenvalue weighted by Gasteiger charge is 2.25. The van der Waals surface area contributed by atoms with Crippen molar-refractivity contribution in [1.29, 1.82) is 0 Å². The van der Waals surface area contributed by atoms with Gasteiger partial charge in [0.05, 0.1) is 19.1 Å². The lowest BCUT2D eigenvalue weighted by Crippen LogP contribution is -3.13. The quantitative estimate of drug-likeness (QED) is 0.629. The van der Waals surface area contributed by atoms with Crippen molar-refractivity contribution in [1.82, 2.24) is 0 Å². The standard InChI is InChI=1S/C22H27N3O2/c1-17(26)19-7-9-21(10-8-19)24-22(27)15-23-20-11-13-25(14-12-20)16-18-5-3-2-4-6-18/h2-10,20,23H,11-16H2,1H3,(H,24,27)/p+2. The van der Waals surface area contributed by atoms with Crippen LogP contribution in [0.3, 0.4) is 0 Å². The maximum atomic E-state index is 12.2. The van der Waals surface area contributed by atoms with Crippen LogP contribution in [0.25, 0.3) is 0 Å². The number of quaternary nitrogens is 2. The van der Waals surface area contributed by atoms with E-state index in [1.54, 1.807) is 29.2 Å². The summed E-state index contributed by atoms with van der Waals surface area (Å²) in [4.78, 5) is 25.1. The molecule has 1 saturated heterocycles. The zero-order valence-corrected chi connectivity index (χ0v) is 15.9. The van der Waals surface area contributed by atoms with E-state index in [-0.39, 0.29) is 11.7 Å². The number of benzene rings is 2. The van der Waals surface area contributed by atoms with Crippen molar-refractivity contribution < 1.29 is 19.8 Å². The van der Waals surface area contributed by atoms with Gasteiger partial charge in [0.1, 0.15) is 6.54 Å². The van der Waals surface area contributed by atoms with Crippen molar-refractivity contribution in [2.75, 3.05) is 25.0 Å². The molecule has 27 heavy (non-hydrogen) atoms. The number of carbonyl (C=O) groups is 2. The Hall–Kier alpha value is -2.50. The number of hydrogen-bond donors (Lipinski definition) is 3. The average molecular weight is 367 g/mol. The van der Waals surface area contributed by atoms with Crippen LogP contribution in [-0.2, 0) is 11.3 Å². The van der Waals surface area contributed by atoms with Gasteiger partial charge in [0, 0.05) is 29.7 Å². The third-order valence-electron chi connectivity index (χ3n) is 5.25. The summed E-state index contributed by atoms with van der Waals surface area (Å²) >= 11 is 0. The molecule has 0 aromatic heterocycles. The van der Waals surface area contributed by atoms with Crippen molar-refractivity contribution in [3.63, 3.8) is 0 Å². The van der Waals surface area contributed by atoms with E-state index in [0.29, 0.717) is 18.2 Å². The van der Waals surface area contributed by atoms with Gasteiger partial charge in [-0.05, 0) is 31.2 Å².